The highest BCUT2D eigenvalue weighted by Gasteiger charge is 2.15. The van der Waals surface area contributed by atoms with E-state index in [1.54, 1.807) is 0 Å². The zero-order valence-corrected chi connectivity index (χ0v) is 13.4. The maximum Gasteiger partial charge on any atom is 0.165 e. The van der Waals surface area contributed by atoms with Crippen LogP contribution in [-0.4, -0.2) is 5.78 Å². The average molecular weight is 272 g/mol. The molecule has 0 aliphatic heterocycles. The topological polar surface area (TPSA) is 17.1 Å². The van der Waals surface area contributed by atoms with E-state index in [-0.39, 0.29) is 11.7 Å². The highest BCUT2D eigenvalue weighted by atomic mass is 16.1. The molecule has 1 aromatic carbocycles. The van der Waals surface area contributed by atoms with Gasteiger partial charge in [0.05, 0.1) is 0 Å². The number of ketones is 1. The van der Waals surface area contributed by atoms with Crippen LogP contribution in [0.1, 0.15) is 63.7 Å². The first kappa shape index (κ1) is 16.7. The molecule has 2 unspecified atom stereocenters. The van der Waals surface area contributed by atoms with E-state index in [2.05, 4.69) is 33.8 Å². The Labute approximate surface area is 124 Å². The van der Waals surface area contributed by atoms with E-state index >= 15 is 0 Å². The molecule has 0 bridgehead atoms. The largest absolute Gasteiger partial charge is 0.294 e. The van der Waals surface area contributed by atoms with Gasteiger partial charge in [-0.15, -0.1) is 0 Å². The Morgan fingerprint density at radius 2 is 1.70 bits per heavy atom. The second kappa shape index (κ2) is 8.73. The van der Waals surface area contributed by atoms with Crippen molar-refractivity contribution in [2.75, 3.05) is 0 Å². The molecule has 1 aromatic rings. The van der Waals surface area contributed by atoms with Gasteiger partial charge in [-0.05, 0) is 39.0 Å². The Kier molecular flexibility index (Phi) is 7.28. The molecule has 1 nitrogen and oxygen atoms in total. The summed E-state index contributed by atoms with van der Waals surface area (Å²) in [6.07, 6.45) is 6.80. The van der Waals surface area contributed by atoms with Crippen LogP contribution in [0.5, 0.6) is 0 Å². The third kappa shape index (κ3) is 6.18. The van der Waals surface area contributed by atoms with E-state index < -0.39 is 0 Å². The number of carbonyl (C=O) groups excluding carboxylic acids is 1. The lowest BCUT2D eigenvalue weighted by molar-refractivity contribution is 0.0920. The average Bonchev–Trinajstić information content (AvgIpc) is 2.44. The third-order valence-electron chi connectivity index (χ3n) is 3.81. The summed E-state index contributed by atoms with van der Waals surface area (Å²) in [5.74, 6) is 1.10. The fourth-order valence-electron chi connectivity index (χ4n) is 2.35. The van der Waals surface area contributed by atoms with Crippen molar-refractivity contribution >= 4 is 5.78 Å². The smallest absolute Gasteiger partial charge is 0.165 e. The number of allylic oxidation sites excluding steroid dienone is 2. The SMILES string of the molecule is CC(C)=CCCC(C)CCC(C)C(=O)c1ccccc1. The summed E-state index contributed by atoms with van der Waals surface area (Å²) in [7, 11) is 0. The quantitative estimate of drug-likeness (QED) is 0.440. The first-order chi connectivity index (χ1) is 9.50. The molecular weight excluding hydrogens is 244 g/mol. The molecular formula is C19H28O. The zero-order chi connectivity index (χ0) is 15.0. The maximum atomic E-state index is 12.3. The van der Waals surface area contributed by atoms with Crippen LogP contribution in [-0.2, 0) is 0 Å². The molecule has 0 heterocycles. The molecule has 0 aliphatic carbocycles. The van der Waals surface area contributed by atoms with E-state index in [9.17, 15) is 4.79 Å². The van der Waals surface area contributed by atoms with Crippen molar-refractivity contribution in [1.82, 2.24) is 0 Å². The first-order valence-electron chi connectivity index (χ1n) is 7.73. The van der Waals surface area contributed by atoms with Crippen molar-refractivity contribution in [1.29, 1.82) is 0 Å². The van der Waals surface area contributed by atoms with Crippen molar-refractivity contribution in [2.24, 2.45) is 11.8 Å². The number of rotatable bonds is 8. The summed E-state index contributed by atoms with van der Waals surface area (Å²) in [4.78, 5) is 12.3. The molecule has 0 aromatic heterocycles. The second-order valence-electron chi connectivity index (χ2n) is 6.17. The Bertz CT molecular complexity index is 426. The second-order valence-corrected chi connectivity index (χ2v) is 6.17. The van der Waals surface area contributed by atoms with Gasteiger partial charge >= 0.3 is 0 Å². The van der Waals surface area contributed by atoms with Crippen LogP contribution in [0.4, 0.5) is 0 Å². The minimum atomic E-state index is 0.128. The molecule has 110 valence electrons. The molecule has 2 atom stereocenters. The van der Waals surface area contributed by atoms with Gasteiger partial charge in [0.15, 0.2) is 5.78 Å². The summed E-state index contributed by atoms with van der Waals surface area (Å²) in [6.45, 7) is 8.63. The van der Waals surface area contributed by atoms with Crippen molar-refractivity contribution in [3.63, 3.8) is 0 Å². The molecule has 20 heavy (non-hydrogen) atoms. The lowest BCUT2D eigenvalue weighted by Crippen LogP contribution is -2.12. The Balaban J connectivity index is 2.34. The third-order valence-corrected chi connectivity index (χ3v) is 3.81. The van der Waals surface area contributed by atoms with Gasteiger partial charge in [-0.1, -0.05) is 62.2 Å². The van der Waals surface area contributed by atoms with E-state index in [1.165, 1.54) is 12.0 Å². The van der Waals surface area contributed by atoms with Crippen molar-refractivity contribution in [2.45, 2.75) is 53.4 Å². The molecule has 1 heteroatoms. The molecule has 0 fully saturated rings. The molecule has 0 radical (unpaired) electrons. The highest BCUT2D eigenvalue weighted by molar-refractivity contribution is 5.97. The maximum absolute atomic E-state index is 12.3. The predicted octanol–water partition coefficient (Wildman–Crippen LogP) is 5.67. The minimum absolute atomic E-state index is 0.128. The summed E-state index contributed by atoms with van der Waals surface area (Å²) < 4.78 is 0. The number of Topliss-reactive ketones (excluding diaryl/α,β-unsaturated/α-hetero) is 1. The van der Waals surface area contributed by atoms with E-state index in [1.807, 2.05) is 30.3 Å². The Morgan fingerprint density at radius 1 is 1.05 bits per heavy atom. The Morgan fingerprint density at radius 3 is 2.30 bits per heavy atom. The summed E-state index contributed by atoms with van der Waals surface area (Å²) in [6, 6.07) is 9.64. The molecule has 0 N–H and O–H groups in total. The van der Waals surface area contributed by atoms with Crippen molar-refractivity contribution in [3.8, 4) is 0 Å². The van der Waals surface area contributed by atoms with Crippen LogP contribution in [0.3, 0.4) is 0 Å². The van der Waals surface area contributed by atoms with Crippen LogP contribution < -0.4 is 0 Å². The molecule has 0 amide bonds. The molecule has 0 saturated carbocycles. The fourth-order valence-corrected chi connectivity index (χ4v) is 2.35. The lowest BCUT2D eigenvalue weighted by atomic mass is 9.90. The molecule has 0 saturated heterocycles. The lowest BCUT2D eigenvalue weighted by Gasteiger charge is -2.14. The van der Waals surface area contributed by atoms with Crippen molar-refractivity contribution in [3.05, 3.63) is 47.5 Å². The van der Waals surface area contributed by atoms with Crippen molar-refractivity contribution < 1.29 is 4.79 Å². The zero-order valence-electron chi connectivity index (χ0n) is 13.4. The van der Waals surface area contributed by atoms with E-state index in [0.29, 0.717) is 5.92 Å². The Hall–Kier alpha value is -1.37. The van der Waals surface area contributed by atoms with Gasteiger partial charge in [0.25, 0.3) is 0 Å². The highest BCUT2D eigenvalue weighted by Crippen LogP contribution is 2.20. The van der Waals surface area contributed by atoms with Crippen LogP contribution >= 0.6 is 0 Å². The minimum Gasteiger partial charge on any atom is -0.294 e. The number of hydrogen-bond donors (Lipinski definition) is 0. The van der Waals surface area contributed by atoms with Gasteiger partial charge in [-0.2, -0.15) is 0 Å². The van der Waals surface area contributed by atoms with E-state index in [4.69, 9.17) is 0 Å². The van der Waals surface area contributed by atoms with Crippen LogP contribution in [0.15, 0.2) is 42.0 Å². The van der Waals surface area contributed by atoms with Crippen LogP contribution in [0.25, 0.3) is 0 Å². The number of carbonyl (C=O) groups is 1. The number of hydrogen-bond acceptors (Lipinski definition) is 1. The molecule has 0 aliphatic rings. The normalized spacial score (nSPS) is 13.6. The monoisotopic (exact) mass is 272 g/mol. The van der Waals surface area contributed by atoms with Gasteiger partial charge < -0.3 is 0 Å². The number of benzene rings is 1. The van der Waals surface area contributed by atoms with Crippen LogP contribution in [0, 0.1) is 11.8 Å². The predicted molar refractivity (Wildman–Crippen MR) is 87.0 cm³/mol. The summed E-state index contributed by atoms with van der Waals surface area (Å²) in [5, 5.41) is 0. The standard InChI is InChI=1S/C19H28O/c1-15(2)9-8-10-16(3)13-14-17(4)19(20)18-11-6-5-7-12-18/h5-7,9,11-12,16-17H,8,10,13-14H2,1-4H3. The van der Waals surface area contributed by atoms with Gasteiger partial charge in [-0.25, -0.2) is 0 Å². The molecule has 1 rings (SSSR count). The fraction of sp³-hybridized carbons (Fsp3) is 0.526. The van der Waals surface area contributed by atoms with Gasteiger partial charge in [0.1, 0.15) is 0 Å². The van der Waals surface area contributed by atoms with Gasteiger partial charge in [0, 0.05) is 11.5 Å². The van der Waals surface area contributed by atoms with E-state index in [0.717, 1.165) is 24.8 Å². The van der Waals surface area contributed by atoms with Crippen LogP contribution in [0.2, 0.25) is 0 Å². The van der Waals surface area contributed by atoms with Gasteiger partial charge in [-0.3, -0.25) is 4.79 Å². The summed E-state index contributed by atoms with van der Waals surface area (Å²) >= 11 is 0. The molecule has 0 spiro atoms. The van der Waals surface area contributed by atoms with Gasteiger partial charge in [0.2, 0.25) is 0 Å². The first-order valence-corrected chi connectivity index (χ1v) is 7.73. The summed E-state index contributed by atoms with van der Waals surface area (Å²) in [5.41, 5.74) is 2.24.